The van der Waals surface area contributed by atoms with E-state index in [1.807, 2.05) is 32.0 Å². The van der Waals surface area contributed by atoms with Crippen molar-refractivity contribution < 1.29 is 4.74 Å². The summed E-state index contributed by atoms with van der Waals surface area (Å²) >= 11 is 0. The predicted molar refractivity (Wildman–Crippen MR) is 86.5 cm³/mol. The molecule has 102 valence electrons. The molecule has 0 aliphatic carbocycles. The molecule has 0 aliphatic heterocycles. The van der Waals surface area contributed by atoms with Crippen molar-refractivity contribution in [1.29, 1.82) is 0 Å². The first kappa shape index (κ1) is 17.0. The van der Waals surface area contributed by atoms with Gasteiger partial charge in [0.2, 0.25) is 0 Å². The fourth-order valence-electron chi connectivity index (χ4n) is 1.38. The van der Waals surface area contributed by atoms with Crippen LogP contribution in [0.2, 0.25) is 0 Å². The van der Waals surface area contributed by atoms with Crippen LogP contribution in [0.5, 0.6) is 5.75 Å². The number of hydrogen-bond acceptors (Lipinski definition) is 2. The molecule has 0 amide bonds. The Morgan fingerprint density at radius 1 is 1.39 bits per heavy atom. The van der Waals surface area contributed by atoms with Gasteiger partial charge in [-0.25, -0.2) is 4.99 Å². The predicted octanol–water partition coefficient (Wildman–Crippen LogP) is 2.56. The van der Waals surface area contributed by atoms with Crippen LogP contribution in [0.4, 0.5) is 0 Å². The van der Waals surface area contributed by atoms with Crippen LogP contribution in [0.3, 0.4) is 0 Å². The first-order valence-electron chi connectivity index (χ1n) is 5.84. The fourth-order valence-corrected chi connectivity index (χ4v) is 1.38. The van der Waals surface area contributed by atoms with Crippen molar-refractivity contribution in [2.45, 2.75) is 39.8 Å². The third-order valence-electron chi connectivity index (χ3n) is 2.56. The van der Waals surface area contributed by atoms with Crippen molar-refractivity contribution in [2.75, 3.05) is 0 Å². The number of aliphatic imine (C=N–C) groups is 1. The van der Waals surface area contributed by atoms with Gasteiger partial charge in [0.05, 0.1) is 12.6 Å². The van der Waals surface area contributed by atoms with Crippen LogP contribution in [-0.2, 0) is 6.54 Å². The van der Waals surface area contributed by atoms with Crippen molar-refractivity contribution in [2.24, 2.45) is 16.5 Å². The molecule has 0 fully saturated rings. The molecule has 1 aromatic carbocycles. The summed E-state index contributed by atoms with van der Waals surface area (Å²) in [6, 6.07) is 6.05. The van der Waals surface area contributed by atoms with E-state index >= 15 is 0 Å². The number of benzene rings is 1. The molecule has 0 radical (unpaired) electrons. The van der Waals surface area contributed by atoms with Gasteiger partial charge in [0.25, 0.3) is 0 Å². The molecule has 5 heteroatoms. The summed E-state index contributed by atoms with van der Waals surface area (Å²) in [6.07, 6.45) is 1.16. The third kappa shape index (κ3) is 5.57. The Labute approximate surface area is 126 Å². The van der Waals surface area contributed by atoms with Gasteiger partial charge in [0, 0.05) is 5.56 Å². The SMILES string of the molecule is CCC(C)Oc1cc(C)ccc1CN=C(N)N.I. The van der Waals surface area contributed by atoms with E-state index in [0.29, 0.717) is 6.54 Å². The molecular weight excluding hydrogens is 341 g/mol. The molecule has 0 aliphatic rings. The second-order valence-electron chi connectivity index (χ2n) is 4.19. The van der Waals surface area contributed by atoms with Crippen molar-refractivity contribution >= 4 is 29.9 Å². The number of nitrogens with two attached hydrogens (primary N) is 2. The van der Waals surface area contributed by atoms with E-state index in [2.05, 4.69) is 11.9 Å². The highest BCUT2D eigenvalue weighted by molar-refractivity contribution is 14.0. The Bertz CT molecular complexity index is 403. The van der Waals surface area contributed by atoms with Gasteiger partial charge in [-0.1, -0.05) is 19.1 Å². The summed E-state index contributed by atoms with van der Waals surface area (Å²) in [5, 5.41) is 0. The second-order valence-corrected chi connectivity index (χ2v) is 4.19. The van der Waals surface area contributed by atoms with Crippen LogP contribution in [0.1, 0.15) is 31.4 Å². The van der Waals surface area contributed by atoms with Crippen LogP contribution in [0.15, 0.2) is 23.2 Å². The number of nitrogens with zero attached hydrogens (tertiary/aromatic N) is 1. The first-order valence-corrected chi connectivity index (χ1v) is 5.84. The van der Waals surface area contributed by atoms with Crippen molar-refractivity contribution in [3.8, 4) is 5.75 Å². The van der Waals surface area contributed by atoms with E-state index in [1.54, 1.807) is 0 Å². The Morgan fingerprint density at radius 3 is 2.61 bits per heavy atom. The minimum absolute atomic E-state index is 0. The molecule has 0 spiro atoms. The smallest absolute Gasteiger partial charge is 0.186 e. The summed E-state index contributed by atoms with van der Waals surface area (Å²) in [5.74, 6) is 0.962. The summed E-state index contributed by atoms with van der Waals surface area (Å²) in [5.41, 5.74) is 12.8. The monoisotopic (exact) mass is 363 g/mol. The molecule has 18 heavy (non-hydrogen) atoms. The maximum absolute atomic E-state index is 5.86. The molecule has 4 nitrogen and oxygen atoms in total. The first-order chi connectivity index (χ1) is 8.02. The fraction of sp³-hybridized carbons (Fsp3) is 0.462. The van der Waals surface area contributed by atoms with Gasteiger partial charge < -0.3 is 16.2 Å². The largest absolute Gasteiger partial charge is 0.490 e. The molecular formula is C13H22IN3O. The van der Waals surface area contributed by atoms with E-state index in [4.69, 9.17) is 16.2 Å². The van der Waals surface area contributed by atoms with Gasteiger partial charge in [-0.15, -0.1) is 24.0 Å². The summed E-state index contributed by atoms with van der Waals surface area (Å²) in [6.45, 7) is 6.63. The van der Waals surface area contributed by atoms with Gasteiger partial charge in [-0.2, -0.15) is 0 Å². The summed E-state index contributed by atoms with van der Waals surface area (Å²) < 4.78 is 5.86. The van der Waals surface area contributed by atoms with Gasteiger partial charge >= 0.3 is 0 Å². The number of aryl methyl sites for hydroxylation is 1. The van der Waals surface area contributed by atoms with Gasteiger partial charge in [0.15, 0.2) is 5.96 Å². The minimum Gasteiger partial charge on any atom is -0.490 e. The minimum atomic E-state index is 0. The van der Waals surface area contributed by atoms with Crippen LogP contribution < -0.4 is 16.2 Å². The van der Waals surface area contributed by atoms with Crippen LogP contribution in [-0.4, -0.2) is 12.1 Å². The van der Waals surface area contributed by atoms with Crippen molar-refractivity contribution in [3.05, 3.63) is 29.3 Å². The van der Waals surface area contributed by atoms with Crippen LogP contribution >= 0.6 is 24.0 Å². The Morgan fingerprint density at radius 2 is 2.06 bits per heavy atom. The maximum atomic E-state index is 5.86. The zero-order valence-corrected chi connectivity index (χ0v) is 13.5. The highest BCUT2D eigenvalue weighted by Gasteiger charge is 2.07. The molecule has 1 atom stereocenters. The molecule has 0 saturated heterocycles. The zero-order chi connectivity index (χ0) is 12.8. The van der Waals surface area contributed by atoms with E-state index in [0.717, 1.165) is 23.3 Å². The number of halogens is 1. The van der Waals surface area contributed by atoms with Crippen molar-refractivity contribution in [3.63, 3.8) is 0 Å². The van der Waals surface area contributed by atoms with E-state index in [-0.39, 0.29) is 36.0 Å². The highest BCUT2D eigenvalue weighted by atomic mass is 127. The topological polar surface area (TPSA) is 73.6 Å². The molecule has 1 unspecified atom stereocenters. The highest BCUT2D eigenvalue weighted by Crippen LogP contribution is 2.23. The number of ether oxygens (including phenoxy) is 1. The molecule has 0 bridgehead atoms. The normalized spacial score (nSPS) is 11.3. The zero-order valence-electron chi connectivity index (χ0n) is 11.1. The number of rotatable bonds is 5. The molecule has 0 aromatic heterocycles. The lowest BCUT2D eigenvalue weighted by Crippen LogP contribution is -2.22. The van der Waals surface area contributed by atoms with Crippen molar-refractivity contribution in [1.82, 2.24) is 0 Å². The Balaban J connectivity index is 0.00000289. The number of hydrogen-bond donors (Lipinski definition) is 2. The van der Waals surface area contributed by atoms with Gasteiger partial charge in [-0.3, -0.25) is 0 Å². The van der Waals surface area contributed by atoms with Crippen LogP contribution in [0.25, 0.3) is 0 Å². The van der Waals surface area contributed by atoms with E-state index in [1.165, 1.54) is 0 Å². The Kier molecular flexibility index (Phi) is 7.73. The number of guanidine groups is 1. The van der Waals surface area contributed by atoms with Gasteiger partial charge in [0.1, 0.15) is 5.75 Å². The summed E-state index contributed by atoms with van der Waals surface area (Å²) in [7, 11) is 0. The summed E-state index contributed by atoms with van der Waals surface area (Å²) in [4.78, 5) is 4.01. The average molecular weight is 363 g/mol. The lowest BCUT2D eigenvalue weighted by molar-refractivity contribution is 0.215. The standard InChI is InChI=1S/C13H21N3O.HI/c1-4-10(3)17-12-7-9(2)5-6-11(12)8-16-13(14)15;/h5-7,10H,4,8H2,1-3H3,(H4,14,15,16);1H. The van der Waals surface area contributed by atoms with Crippen LogP contribution in [0, 0.1) is 6.92 Å². The second kappa shape index (κ2) is 8.18. The molecule has 0 heterocycles. The molecule has 1 aromatic rings. The molecule has 4 N–H and O–H groups in total. The average Bonchev–Trinajstić information content (AvgIpc) is 2.27. The molecule has 1 rings (SSSR count). The Hall–Kier alpha value is -0.980. The lowest BCUT2D eigenvalue weighted by Gasteiger charge is -2.16. The van der Waals surface area contributed by atoms with E-state index in [9.17, 15) is 0 Å². The third-order valence-corrected chi connectivity index (χ3v) is 2.56. The maximum Gasteiger partial charge on any atom is 0.186 e. The van der Waals surface area contributed by atoms with Gasteiger partial charge in [-0.05, 0) is 31.9 Å². The van der Waals surface area contributed by atoms with E-state index < -0.39 is 0 Å². The molecule has 0 saturated carbocycles. The quantitative estimate of drug-likeness (QED) is 0.480. The lowest BCUT2D eigenvalue weighted by atomic mass is 10.1.